The van der Waals surface area contributed by atoms with Gasteiger partial charge in [0, 0.05) is 25.4 Å². The van der Waals surface area contributed by atoms with E-state index in [1.807, 2.05) is 18.0 Å². The second-order valence-corrected chi connectivity index (χ2v) is 4.48. The van der Waals surface area contributed by atoms with Crippen molar-refractivity contribution in [1.29, 1.82) is 0 Å². The lowest BCUT2D eigenvalue weighted by atomic mass is 10.4. The monoisotopic (exact) mass is 213 g/mol. The highest BCUT2D eigenvalue weighted by Gasteiger charge is 1.93. The van der Waals surface area contributed by atoms with Gasteiger partial charge in [-0.15, -0.1) is 0 Å². The molecule has 0 amide bonds. The Bertz CT molecular complexity index is 211. The van der Waals surface area contributed by atoms with Crippen LogP contribution >= 0.6 is 11.8 Å². The zero-order chi connectivity index (χ0) is 10.1. The van der Waals surface area contributed by atoms with Gasteiger partial charge >= 0.3 is 0 Å². The van der Waals surface area contributed by atoms with Crippen LogP contribution < -0.4 is 5.32 Å². The molecule has 0 aliphatic rings. The maximum Gasteiger partial charge on any atom is 0.107 e. The highest BCUT2D eigenvalue weighted by molar-refractivity contribution is 7.99. The van der Waals surface area contributed by atoms with Crippen molar-refractivity contribution >= 4 is 11.8 Å². The van der Waals surface area contributed by atoms with Crippen LogP contribution in [0.5, 0.6) is 0 Å². The van der Waals surface area contributed by atoms with Gasteiger partial charge < -0.3 is 10.3 Å². The lowest BCUT2D eigenvalue weighted by molar-refractivity contribution is 0.663. The highest BCUT2D eigenvalue weighted by Crippen LogP contribution is 1.99. The van der Waals surface area contributed by atoms with E-state index in [2.05, 4.69) is 22.2 Å². The number of nitrogens with one attached hydrogen (secondary N) is 2. The van der Waals surface area contributed by atoms with Gasteiger partial charge in [-0.25, -0.2) is 4.98 Å². The van der Waals surface area contributed by atoms with E-state index in [9.17, 15) is 0 Å². The van der Waals surface area contributed by atoms with E-state index in [0.717, 1.165) is 25.3 Å². The third-order valence-electron chi connectivity index (χ3n) is 1.94. The maximum atomic E-state index is 4.16. The molecule has 0 aromatic carbocycles. The molecule has 0 fully saturated rings. The molecular weight excluding hydrogens is 194 g/mol. The first-order chi connectivity index (χ1) is 6.93. The van der Waals surface area contributed by atoms with Crippen LogP contribution in [0.1, 0.15) is 19.2 Å². The van der Waals surface area contributed by atoms with E-state index in [1.54, 1.807) is 6.20 Å². The first-order valence-corrected chi connectivity index (χ1v) is 6.35. The van der Waals surface area contributed by atoms with Gasteiger partial charge in [-0.2, -0.15) is 11.8 Å². The van der Waals surface area contributed by atoms with Crippen LogP contribution in [-0.2, 0) is 6.42 Å². The summed E-state index contributed by atoms with van der Waals surface area (Å²) in [6.45, 7) is 4.34. The SMILES string of the molecule is CCSCCCNCCc1ncc[nH]1. The lowest BCUT2D eigenvalue weighted by Gasteiger charge is -2.02. The van der Waals surface area contributed by atoms with Gasteiger partial charge in [0.1, 0.15) is 5.82 Å². The van der Waals surface area contributed by atoms with E-state index in [0.29, 0.717) is 0 Å². The molecule has 4 heteroatoms. The smallest absolute Gasteiger partial charge is 0.107 e. The van der Waals surface area contributed by atoms with E-state index >= 15 is 0 Å². The van der Waals surface area contributed by atoms with Gasteiger partial charge in [0.2, 0.25) is 0 Å². The molecule has 1 aromatic rings. The Morgan fingerprint density at radius 3 is 3.14 bits per heavy atom. The van der Waals surface area contributed by atoms with Crippen molar-refractivity contribution in [1.82, 2.24) is 15.3 Å². The quantitative estimate of drug-likeness (QED) is 0.646. The van der Waals surface area contributed by atoms with Crippen LogP contribution in [0, 0.1) is 0 Å². The van der Waals surface area contributed by atoms with Crippen molar-refractivity contribution in [2.75, 3.05) is 24.6 Å². The van der Waals surface area contributed by atoms with E-state index in [1.165, 1.54) is 17.9 Å². The number of hydrogen-bond acceptors (Lipinski definition) is 3. The lowest BCUT2D eigenvalue weighted by Crippen LogP contribution is -2.19. The van der Waals surface area contributed by atoms with Gasteiger partial charge in [0.05, 0.1) is 0 Å². The molecule has 14 heavy (non-hydrogen) atoms. The molecule has 3 nitrogen and oxygen atoms in total. The molecule has 0 saturated heterocycles. The molecule has 0 atom stereocenters. The molecule has 0 saturated carbocycles. The van der Waals surface area contributed by atoms with Crippen LogP contribution in [0.2, 0.25) is 0 Å². The number of imidazole rings is 1. The highest BCUT2D eigenvalue weighted by atomic mass is 32.2. The summed E-state index contributed by atoms with van der Waals surface area (Å²) in [5.74, 6) is 3.57. The van der Waals surface area contributed by atoms with Gasteiger partial charge in [0.25, 0.3) is 0 Å². The number of nitrogens with zero attached hydrogens (tertiary/aromatic N) is 1. The number of hydrogen-bond donors (Lipinski definition) is 2. The summed E-state index contributed by atoms with van der Waals surface area (Å²) in [6.07, 6.45) is 5.92. The zero-order valence-electron chi connectivity index (χ0n) is 8.75. The molecular formula is C10H19N3S. The van der Waals surface area contributed by atoms with Crippen LogP contribution in [-0.4, -0.2) is 34.6 Å². The second kappa shape index (κ2) is 7.88. The molecule has 1 rings (SSSR count). The van der Waals surface area contributed by atoms with Crippen molar-refractivity contribution in [2.45, 2.75) is 19.8 Å². The Labute approximate surface area is 90.1 Å². The zero-order valence-corrected chi connectivity index (χ0v) is 9.57. The van der Waals surface area contributed by atoms with Gasteiger partial charge in [-0.1, -0.05) is 6.92 Å². The van der Waals surface area contributed by atoms with E-state index in [4.69, 9.17) is 0 Å². The Morgan fingerprint density at radius 2 is 2.43 bits per heavy atom. The van der Waals surface area contributed by atoms with Gasteiger partial charge in [-0.05, 0) is 24.5 Å². The molecule has 0 unspecified atom stereocenters. The molecule has 80 valence electrons. The summed E-state index contributed by atoms with van der Waals surface area (Å²) in [4.78, 5) is 7.26. The molecule has 1 aromatic heterocycles. The van der Waals surface area contributed by atoms with Crippen molar-refractivity contribution in [3.63, 3.8) is 0 Å². The van der Waals surface area contributed by atoms with E-state index in [-0.39, 0.29) is 0 Å². The Morgan fingerprint density at radius 1 is 1.50 bits per heavy atom. The van der Waals surface area contributed by atoms with E-state index < -0.39 is 0 Å². The van der Waals surface area contributed by atoms with Crippen molar-refractivity contribution in [2.24, 2.45) is 0 Å². The normalized spacial score (nSPS) is 10.6. The number of rotatable bonds is 8. The van der Waals surface area contributed by atoms with Crippen molar-refractivity contribution in [3.05, 3.63) is 18.2 Å². The summed E-state index contributed by atoms with van der Waals surface area (Å²) >= 11 is 2.01. The Kier molecular flexibility index (Phi) is 6.53. The van der Waals surface area contributed by atoms with Crippen molar-refractivity contribution < 1.29 is 0 Å². The van der Waals surface area contributed by atoms with Crippen LogP contribution in [0.25, 0.3) is 0 Å². The van der Waals surface area contributed by atoms with Gasteiger partial charge in [-0.3, -0.25) is 0 Å². The number of thioether (sulfide) groups is 1. The number of H-pyrrole nitrogens is 1. The van der Waals surface area contributed by atoms with Crippen LogP contribution in [0.3, 0.4) is 0 Å². The molecule has 0 aliphatic carbocycles. The summed E-state index contributed by atoms with van der Waals surface area (Å²) in [6, 6.07) is 0. The minimum Gasteiger partial charge on any atom is -0.349 e. The fraction of sp³-hybridized carbons (Fsp3) is 0.700. The minimum absolute atomic E-state index is 0.994. The summed E-state index contributed by atoms with van der Waals surface area (Å²) in [5, 5.41) is 3.41. The Balaban J connectivity index is 1.85. The molecule has 0 bridgehead atoms. The summed E-state index contributed by atoms with van der Waals surface area (Å²) in [5.41, 5.74) is 0. The maximum absolute atomic E-state index is 4.16. The Hall–Kier alpha value is -0.480. The largest absolute Gasteiger partial charge is 0.349 e. The molecule has 1 heterocycles. The molecule has 0 spiro atoms. The first-order valence-electron chi connectivity index (χ1n) is 5.20. The fourth-order valence-electron chi connectivity index (χ4n) is 1.21. The minimum atomic E-state index is 0.994. The van der Waals surface area contributed by atoms with Gasteiger partial charge in [0.15, 0.2) is 0 Å². The summed E-state index contributed by atoms with van der Waals surface area (Å²) in [7, 11) is 0. The van der Waals surface area contributed by atoms with Crippen molar-refractivity contribution in [3.8, 4) is 0 Å². The summed E-state index contributed by atoms with van der Waals surface area (Å²) < 4.78 is 0. The standard InChI is InChI=1S/C10H19N3S/c1-2-14-9-3-5-11-6-4-10-12-7-8-13-10/h7-8,11H,2-6,9H2,1H3,(H,12,13). The topological polar surface area (TPSA) is 40.7 Å². The second-order valence-electron chi connectivity index (χ2n) is 3.09. The predicted octanol–water partition coefficient (Wildman–Crippen LogP) is 1.68. The third kappa shape index (κ3) is 5.29. The molecule has 2 N–H and O–H groups in total. The average Bonchev–Trinajstić information content (AvgIpc) is 2.69. The molecule has 0 radical (unpaired) electrons. The number of aromatic nitrogens is 2. The first kappa shape index (κ1) is 11.6. The average molecular weight is 213 g/mol. The number of aromatic amines is 1. The third-order valence-corrected chi connectivity index (χ3v) is 2.93. The molecule has 0 aliphatic heterocycles. The van der Waals surface area contributed by atoms with Crippen LogP contribution in [0.4, 0.5) is 0 Å². The van der Waals surface area contributed by atoms with Crippen LogP contribution in [0.15, 0.2) is 12.4 Å². The fourth-order valence-corrected chi connectivity index (χ4v) is 1.85. The predicted molar refractivity (Wildman–Crippen MR) is 62.8 cm³/mol.